The first-order valence-corrected chi connectivity index (χ1v) is 7.73. The SMILES string of the molecule is COc1ccc(CNC(=O)C(=O)Nc2cccc3ncccc23)cc1. The molecular weight excluding hydrogens is 318 g/mol. The van der Waals surface area contributed by atoms with E-state index in [0.29, 0.717) is 5.69 Å². The van der Waals surface area contributed by atoms with Crippen molar-refractivity contribution in [2.75, 3.05) is 12.4 Å². The van der Waals surface area contributed by atoms with Crippen LogP contribution >= 0.6 is 0 Å². The number of hydrogen-bond acceptors (Lipinski definition) is 4. The first-order chi connectivity index (χ1) is 12.2. The third-order valence-corrected chi connectivity index (χ3v) is 3.71. The lowest BCUT2D eigenvalue weighted by molar-refractivity contribution is -0.136. The van der Waals surface area contributed by atoms with E-state index in [0.717, 1.165) is 22.2 Å². The molecule has 3 rings (SSSR count). The molecule has 3 aromatic rings. The zero-order valence-corrected chi connectivity index (χ0v) is 13.7. The number of amides is 2. The Labute approximate surface area is 144 Å². The molecule has 2 aromatic carbocycles. The average molecular weight is 335 g/mol. The largest absolute Gasteiger partial charge is 0.497 e. The van der Waals surface area contributed by atoms with Gasteiger partial charge in [0.2, 0.25) is 0 Å². The molecule has 0 bridgehead atoms. The van der Waals surface area contributed by atoms with Crippen molar-refractivity contribution < 1.29 is 14.3 Å². The van der Waals surface area contributed by atoms with Gasteiger partial charge in [-0.25, -0.2) is 0 Å². The molecule has 0 radical (unpaired) electrons. The Morgan fingerprint density at radius 1 is 1.00 bits per heavy atom. The summed E-state index contributed by atoms with van der Waals surface area (Å²) in [5, 5.41) is 6.00. The molecule has 2 N–H and O–H groups in total. The molecule has 6 heteroatoms. The van der Waals surface area contributed by atoms with Gasteiger partial charge in [-0.2, -0.15) is 0 Å². The van der Waals surface area contributed by atoms with Crippen LogP contribution in [0.5, 0.6) is 5.75 Å². The minimum atomic E-state index is -0.718. The number of pyridine rings is 1. The summed E-state index contributed by atoms with van der Waals surface area (Å²) >= 11 is 0. The summed E-state index contributed by atoms with van der Waals surface area (Å²) in [5.74, 6) is -0.682. The fourth-order valence-electron chi connectivity index (χ4n) is 2.40. The number of nitrogens with one attached hydrogen (secondary N) is 2. The number of benzene rings is 2. The summed E-state index contributed by atoms with van der Waals surface area (Å²) in [4.78, 5) is 28.4. The van der Waals surface area contributed by atoms with E-state index in [1.165, 1.54) is 0 Å². The van der Waals surface area contributed by atoms with Crippen LogP contribution in [0.2, 0.25) is 0 Å². The Hall–Kier alpha value is -3.41. The maximum absolute atomic E-state index is 12.1. The smallest absolute Gasteiger partial charge is 0.313 e. The van der Waals surface area contributed by atoms with Crippen LogP contribution in [-0.2, 0) is 16.1 Å². The summed E-state index contributed by atoms with van der Waals surface area (Å²) < 4.78 is 5.08. The van der Waals surface area contributed by atoms with Crippen molar-refractivity contribution >= 4 is 28.4 Å². The number of rotatable bonds is 4. The van der Waals surface area contributed by atoms with Gasteiger partial charge in [0.25, 0.3) is 0 Å². The van der Waals surface area contributed by atoms with Crippen molar-refractivity contribution in [2.45, 2.75) is 6.54 Å². The molecule has 1 heterocycles. The Balaban J connectivity index is 1.63. The van der Waals surface area contributed by atoms with E-state index in [-0.39, 0.29) is 6.54 Å². The van der Waals surface area contributed by atoms with Crippen molar-refractivity contribution in [1.82, 2.24) is 10.3 Å². The van der Waals surface area contributed by atoms with Gasteiger partial charge >= 0.3 is 11.8 Å². The summed E-state index contributed by atoms with van der Waals surface area (Å²) in [6.45, 7) is 0.257. The van der Waals surface area contributed by atoms with E-state index in [4.69, 9.17) is 4.74 Å². The zero-order valence-electron chi connectivity index (χ0n) is 13.7. The molecule has 126 valence electrons. The van der Waals surface area contributed by atoms with Crippen molar-refractivity contribution in [3.63, 3.8) is 0 Å². The van der Waals surface area contributed by atoms with Gasteiger partial charge in [0.15, 0.2) is 0 Å². The highest BCUT2D eigenvalue weighted by atomic mass is 16.5. The normalized spacial score (nSPS) is 10.3. The number of carbonyl (C=O) groups excluding carboxylic acids is 2. The molecule has 0 aliphatic rings. The number of hydrogen-bond donors (Lipinski definition) is 2. The molecule has 0 saturated heterocycles. The Morgan fingerprint density at radius 3 is 2.56 bits per heavy atom. The van der Waals surface area contributed by atoms with Crippen molar-refractivity contribution in [3.05, 3.63) is 66.4 Å². The minimum absolute atomic E-state index is 0.257. The second-order valence-electron chi connectivity index (χ2n) is 5.36. The number of carbonyl (C=O) groups is 2. The first-order valence-electron chi connectivity index (χ1n) is 7.73. The number of fused-ring (bicyclic) bond motifs is 1. The maximum Gasteiger partial charge on any atom is 0.313 e. The number of anilines is 1. The number of nitrogens with zero attached hydrogens (tertiary/aromatic N) is 1. The van der Waals surface area contributed by atoms with Crippen LogP contribution < -0.4 is 15.4 Å². The predicted molar refractivity (Wildman–Crippen MR) is 95.2 cm³/mol. The van der Waals surface area contributed by atoms with Crippen LogP contribution in [0, 0.1) is 0 Å². The van der Waals surface area contributed by atoms with Gasteiger partial charge in [0.05, 0.1) is 18.3 Å². The van der Waals surface area contributed by atoms with E-state index < -0.39 is 11.8 Å². The summed E-state index contributed by atoms with van der Waals surface area (Å²) in [6, 6.07) is 16.2. The monoisotopic (exact) mass is 335 g/mol. The van der Waals surface area contributed by atoms with Gasteiger partial charge in [0, 0.05) is 18.1 Å². The quantitative estimate of drug-likeness (QED) is 0.718. The van der Waals surface area contributed by atoms with E-state index in [2.05, 4.69) is 15.6 Å². The summed E-state index contributed by atoms with van der Waals surface area (Å²) in [6.07, 6.45) is 1.68. The molecule has 1 aromatic heterocycles. The molecule has 25 heavy (non-hydrogen) atoms. The molecule has 0 saturated carbocycles. The molecule has 0 atom stereocenters. The minimum Gasteiger partial charge on any atom is -0.497 e. The average Bonchev–Trinajstić information content (AvgIpc) is 2.66. The van der Waals surface area contributed by atoms with Gasteiger partial charge in [0.1, 0.15) is 5.75 Å². The maximum atomic E-state index is 12.1. The Bertz CT molecular complexity index is 902. The van der Waals surface area contributed by atoms with Gasteiger partial charge < -0.3 is 15.4 Å². The third kappa shape index (κ3) is 3.92. The Kier molecular flexibility index (Phi) is 4.89. The second kappa shape index (κ2) is 7.44. The molecule has 0 unspecified atom stereocenters. The van der Waals surface area contributed by atoms with Gasteiger partial charge in [-0.1, -0.05) is 18.2 Å². The number of ether oxygens (including phenoxy) is 1. The fourth-order valence-corrected chi connectivity index (χ4v) is 2.40. The summed E-state index contributed by atoms with van der Waals surface area (Å²) in [5.41, 5.74) is 2.17. The second-order valence-corrected chi connectivity index (χ2v) is 5.36. The molecule has 0 aliphatic carbocycles. The molecule has 0 aliphatic heterocycles. The van der Waals surface area contributed by atoms with Gasteiger partial charge in [-0.15, -0.1) is 0 Å². The van der Waals surface area contributed by atoms with Crippen molar-refractivity contribution in [3.8, 4) is 5.75 Å². The summed E-state index contributed by atoms with van der Waals surface area (Å²) in [7, 11) is 1.59. The highest BCUT2D eigenvalue weighted by Crippen LogP contribution is 2.21. The molecule has 0 spiro atoms. The standard InChI is InChI=1S/C19H17N3O3/c1-25-14-9-7-13(8-10-14)12-21-18(23)19(24)22-17-6-2-5-16-15(17)4-3-11-20-16/h2-11H,12H2,1H3,(H,21,23)(H,22,24). The van der Waals surface area contributed by atoms with Crippen LogP contribution in [0.25, 0.3) is 10.9 Å². The molecule has 0 fully saturated rings. The lowest BCUT2D eigenvalue weighted by Gasteiger charge is -2.09. The van der Waals surface area contributed by atoms with Crippen molar-refractivity contribution in [1.29, 1.82) is 0 Å². The lowest BCUT2D eigenvalue weighted by Crippen LogP contribution is -2.35. The highest BCUT2D eigenvalue weighted by molar-refractivity contribution is 6.40. The van der Waals surface area contributed by atoms with Crippen LogP contribution in [0.4, 0.5) is 5.69 Å². The van der Waals surface area contributed by atoms with Crippen molar-refractivity contribution in [2.24, 2.45) is 0 Å². The van der Waals surface area contributed by atoms with E-state index >= 15 is 0 Å². The van der Waals surface area contributed by atoms with E-state index in [1.54, 1.807) is 43.6 Å². The number of methoxy groups -OCH3 is 1. The highest BCUT2D eigenvalue weighted by Gasteiger charge is 2.14. The van der Waals surface area contributed by atoms with Crippen LogP contribution in [0.3, 0.4) is 0 Å². The topological polar surface area (TPSA) is 80.3 Å². The molecule has 2 amide bonds. The predicted octanol–water partition coefficient (Wildman–Crippen LogP) is 2.50. The lowest BCUT2D eigenvalue weighted by atomic mass is 10.2. The van der Waals surface area contributed by atoms with E-state index in [1.807, 2.05) is 24.3 Å². The van der Waals surface area contributed by atoms with Crippen LogP contribution in [0.15, 0.2) is 60.8 Å². The fraction of sp³-hybridized carbons (Fsp3) is 0.105. The first kappa shape index (κ1) is 16.4. The molecule has 6 nitrogen and oxygen atoms in total. The van der Waals surface area contributed by atoms with Crippen LogP contribution in [0.1, 0.15) is 5.56 Å². The van der Waals surface area contributed by atoms with Gasteiger partial charge in [-0.3, -0.25) is 14.6 Å². The third-order valence-electron chi connectivity index (χ3n) is 3.71. The Morgan fingerprint density at radius 2 is 1.80 bits per heavy atom. The zero-order chi connectivity index (χ0) is 17.6. The van der Waals surface area contributed by atoms with E-state index in [9.17, 15) is 9.59 Å². The van der Waals surface area contributed by atoms with Gasteiger partial charge in [-0.05, 0) is 42.0 Å². The number of aromatic nitrogens is 1. The van der Waals surface area contributed by atoms with Crippen LogP contribution in [-0.4, -0.2) is 23.9 Å². The molecular formula is C19H17N3O3.